The number of fused-ring (bicyclic) bond motifs is 1. The van der Waals surface area contributed by atoms with Gasteiger partial charge in [-0.1, -0.05) is 23.5 Å². The normalized spacial score (nSPS) is 11.1. The Balaban J connectivity index is 1.66. The first kappa shape index (κ1) is 17.4. The van der Waals surface area contributed by atoms with Crippen LogP contribution in [0.1, 0.15) is 26.5 Å². The van der Waals surface area contributed by atoms with Crippen LogP contribution in [-0.4, -0.2) is 15.3 Å². The molecule has 4 nitrogen and oxygen atoms in total. The van der Waals surface area contributed by atoms with E-state index < -0.39 is 0 Å². The van der Waals surface area contributed by atoms with Crippen LogP contribution in [0.15, 0.2) is 48.7 Å². The van der Waals surface area contributed by atoms with Gasteiger partial charge in [0.1, 0.15) is 10.7 Å². The molecular weight excluding hydrogens is 361 g/mol. The molecule has 136 valence electrons. The zero-order valence-corrected chi connectivity index (χ0v) is 16.0. The molecule has 1 amide bonds. The number of anilines is 1. The van der Waals surface area contributed by atoms with Gasteiger partial charge < -0.3 is 5.32 Å². The lowest BCUT2D eigenvalue weighted by atomic mass is 10.1. The minimum atomic E-state index is -0.277. The van der Waals surface area contributed by atoms with Crippen molar-refractivity contribution in [2.75, 3.05) is 5.32 Å². The lowest BCUT2D eigenvalue weighted by molar-refractivity contribution is 0.102. The molecule has 0 radical (unpaired) electrons. The van der Waals surface area contributed by atoms with Crippen LogP contribution in [0, 0.1) is 26.6 Å². The van der Waals surface area contributed by atoms with E-state index in [1.54, 1.807) is 12.1 Å². The number of hydrogen-bond acceptors (Lipinski definition) is 3. The second-order valence-corrected chi connectivity index (χ2v) is 7.48. The number of halogens is 1. The van der Waals surface area contributed by atoms with Gasteiger partial charge in [-0.2, -0.15) is 0 Å². The molecule has 0 aliphatic heterocycles. The molecule has 0 bridgehead atoms. The standard InChI is InChI=1S/C21H18FN3OS/c1-12-5-4-6-17(13(12)2)23-20(26)19-14(3)25-11-18(24-21(25)27-19)15-7-9-16(22)10-8-15/h4-11H,1-3H3,(H,23,26). The van der Waals surface area contributed by atoms with Crippen LogP contribution in [0.2, 0.25) is 0 Å². The first-order valence-corrected chi connectivity index (χ1v) is 9.37. The molecule has 2 aromatic carbocycles. The van der Waals surface area contributed by atoms with E-state index in [4.69, 9.17) is 0 Å². The minimum absolute atomic E-state index is 0.139. The van der Waals surface area contributed by atoms with E-state index in [2.05, 4.69) is 10.3 Å². The maximum Gasteiger partial charge on any atom is 0.267 e. The van der Waals surface area contributed by atoms with Crippen LogP contribution in [0.25, 0.3) is 16.2 Å². The van der Waals surface area contributed by atoms with Crippen molar-refractivity contribution in [3.05, 3.63) is 76.2 Å². The second-order valence-electron chi connectivity index (χ2n) is 6.50. The highest BCUT2D eigenvalue weighted by atomic mass is 32.1. The van der Waals surface area contributed by atoms with Crippen molar-refractivity contribution < 1.29 is 9.18 Å². The smallest absolute Gasteiger partial charge is 0.267 e. The number of carbonyl (C=O) groups excluding carboxylic acids is 1. The van der Waals surface area contributed by atoms with E-state index in [1.165, 1.54) is 23.5 Å². The van der Waals surface area contributed by atoms with Gasteiger partial charge >= 0.3 is 0 Å². The van der Waals surface area contributed by atoms with Crippen LogP contribution < -0.4 is 5.32 Å². The molecule has 0 aliphatic carbocycles. The number of nitrogens with one attached hydrogen (secondary N) is 1. The fourth-order valence-corrected chi connectivity index (χ4v) is 3.99. The number of thiazole rings is 1. The van der Waals surface area contributed by atoms with Crippen molar-refractivity contribution in [1.82, 2.24) is 9.38 Å². The Morgan fingerprint density at radius 2 is 1.85 bits per heavy atom. The summed E-state index contributed by atoms with van der Waals surface area (Å²) in [5, 5.41) is 3.00. The lowest BCUT2D eigenvalue weighted by Crippen LogP contribution is -2.13. The average Bonchev–Trinajstić information content (AvgIpc) is 3.19. The monoisotopic (exact) mass is 379 g/mol. The van der Waals surface area contributed by atoms with Gasteiger partial charge in [-0.25, -0.2) is 9.37 Å². The fraction of sp³-hybridized carbons (Fsp3) is 0.143. The zero-order valence-electron chi connectivity index (χ0n) is 15.2. The third-order valence-electron chi connectivity index (χ3n) is 4.76. The molecule has 0 saturated carbocycles. The molecule has 6 heteroatoms. The maximum atomic E-state index is 13.1. The number of aryl methyl sites for hydroxylation is 2. The summed E-state index contributed by atoms with van der Waals surface area (Å²) in [7, 11) is 0. The number of aromatic nitrogens is 2. The van der Waals surface area contributed by atoms with Crippen LogP contribution in [0.5, 0.6) is 0 Å². The molecule has 4 aromatic rings. The van der Waals surface area contributed by atoms with Gasteiger partial charge in [-0.15, -0.1) is 0 Å². The second kappa shape index (κ2) is 6.63. The molecule has 2 aromatic heterocycles. The average molecular weight is 379 g/mol. The van der Waals surface area contributed by atoms with E-state index in [9.17, 15) is 9.18 Å². The molecule has 1 N–H and O–H groups in total. The van der Waals surface area contributed by atoms with E-state index in [-0.39, 0.29) is 11.7 Å². The number of imidazole rings is 1. The molecule has 27 heavy (non-hydrogen) atoms. The fourth-order valence-electron chi connectivity index (χ4n) is 2.99. The number of benzene rings is 2. The van der Waals surface area contributed by atoms with Crippen molar-refractivity contribution in [1.29, 1.82) is 0 Å². The molecule has 2 heterocycles. The highest BCUT2D eigenvalue weighted by molar-refractivity contribution is 7.19. The Hall–Kier alpha value is -2.99. The summed E-state index contributed by atoms with van der Waals surface area (Å²) in [6.45, 7) is 5.91. The van der Waals surface area contributed by atoms with Gasteiger partial charge in [-0.3, -0.25) is 9.20 Å². The van der Waals surface area contributed by atoms with E-state index in [1.807, 2.05) is 49.6 Å². The van der Waals surface area contributed by atoms with Crippen molar-refractivity contribution in [2.45, 2.75) is 20.8 Å². The molecule has 0 spiro atoms. The Labute approximate surface area is 160 Å². The quantitative estimate of drug-likeness (QED) is 0.519. The summed E-state index contributed by atoms with van der Waals surface area (Å²) in [6.07, 6.45) is 1.88. The van der Waals surface area contributed by atoms with Crippen molar-refractivity contribution in [3.8, 4) is 11.3 Å². The Morgan fingerprint density at radius 1 is 1.11 bits per heavy atom. The summed E-state index contributed by atoms with van der Waals surface area (Å²) < 4.78 is 15.0. The Kier molecular flexibility index (Phi) is 4.28. The third-order valence-corrected chi connectivity index (χ3v) is 5.91. The van der Waals surface area contributed by atoms with Gasteiger partial charge in [0.15, 0.2) is 4.96 Å². The predicted octanol–water partition coefficient (Wildman–Crippen LogP) is 5.38. The Bertz CT molecular complexity index is 1160. The van der Waals surface area contributed by atoms with Crippen molar-refractivity contribution in [2.24, 2.45) is 0 Å². The van der Waals surface area contributed by atoms with Crippen molar-refractivity contribution >= 4 is 27.9 Å². The largest absolute Gasteiger partial charge is 0.321 e. The van der Waals surface area contributed by atoms with E-state index >= 15 is 0 Å². The minimum Gasteiger partial charge on any atom is -0.321 e. The van der Waals surface area contributed by atoms with Gasteiger partial charge in [0, 0.05) is 23.1 Å². The number of hydrogen-bond donors (Lipinski definition) is 1. The SMILES string of the molecule is Cc1cccc(NC(=O)c2sc3nc(-c4ccc(F)cc4)cn3c2C)c1C. The van der Waals surface area contributed by atoms with Gasteiger partial charge in [0.05, 0.1) is 5.69 Å². The van der Waals surface area contributed by atoms with Crippen LogP contribution in [-0.2, 0) is 0 Å². The summed E-state index contributed by atoms with van der Waals surface area (Å²) in [5.74, 6) is -0.415. The molecule has 0 unspecified atom stereocenters. The molecule has 0 aliphatic rings. The third kappa shape index (κ3) is 3.13. The maximum absolute atomic E-state index is 13.1. The van der Waals surface area contributed by atoms with Crippen LogP contribution >= 0.6 is 11.3 Å². The number of nitrogens with zero attached hydrogens (tertiary/aromatic N) is 2. The molecule has 0 saturated heterocycles. The molecule has 4 rings (SSSR count). The van der Waals surface area contributed by atoms with E-state index in [0.29, 0.717) is 4.88 Å². The topological polar surface area (TPSA) is 46.4 Å². The highest BCUT2D eigenvalue weighted by Gasteiger charge is 2.19. The molecular formula is C21H18FN3OS. The number of amides is 1. The predicted molar refractivity (Wildman–Crippen MR) is 107 cm³/mol. The first-order valence-electron chi connectivity index (χ1n) is 8.56. The van der Waals surface area contributed by atoms with Crippen molar-refractivity contribution in [3.63, 3.8) is 0 Å². The Morgan fingerprint density at radius 3 is 2.56 bits per heavy atom. The summed E-state index contributed by atoms with van der Waals surface area (Å²) >= 11 is 1.35. The summed E-state index contributed by atoms with van der Waals surface area (Å²) in [5.41, 5.74) is 5.44. The molecule has 0 atom stereocenters. The molecule has 0 fully saturated rings. The van der Waals surface area contributed by atoms with E-state index in [0.717, 1.165) is 38.7 Å². The zero-order chi connectivity index (χ0) is 19.1. The van der Waals surface area contributed by atoms with Crippen LogP contribution in [0.3, 0.4) is 0 Å². The summed E-state index contributed by atoms with van der Waals surface area (Å²) in [4.78, 5) is 18.7. The number of carbonyl (C=O) groups is 1. The van der Waals surface area contributed by atoms with Gasteiger partial charge in [0.2, 0.25) is 0 Å². The first-order chi connectivity index (χ1) is 12.9. The number of rotatable bonds is 3. The summed E-state index contributed by atoms with van der Waals surface area (Å²) in [6, 6.07) is 12.1. The highest BCUT2D eigenvalue weighted by Crippen LogP contribution is 2.28. The lowest BCUT2D eigenvalue weighted by Gasteiger charge is -2.09. The van der Waals surface area contributed by atoms with Gasteiger partial charge in [0.25, 0.3) is 5.91 Å². The van der Waals surface area contributed by atoms with Crippen LogP contribution in [0.4, 0.5) is 10.1 Å². The van der Waals surface area contributed by atoms with Gasteiger partial charge in [-0.05, 0) is 62.2 Å².